The van der Waals surface area contributed by atoms with E-state index in [4.69, 9.17) is 21.9 Å². The van der Waals surface area contributed by atoms with Gasteiger partial charge in [0, 0.05) is 39.1 Å². The van der Waals surface area contributed by atoms with E-state index in [1.54, 1.807) is 11.0 Å². The fourth-order valence-corrected chi connectivity index (χ4v) is 4.11. The zero-order chi connectivity index (χ0) is 32.0. The molecule has 236 valence electrons. The second-order valence-corrected chi connectivity index (χ2v) is 9.84. The fourth-order valence-electron chi connectivity index (χ4n) is 4.11. The predicted octanol–water partition coefficient (Wildman–Crippen LogP) is -0.242. The number of amides is 3. The van der Waals surface area contributed by atoms with Crippen LogP contribution in [0, 0.1) is 0 Å². The van der Waals surface area contributed by atoms with Gasteiger partial charge in [0.05, 0.1) is 24.8 Å². The summed E-state index contributed by atoms with van der Waals surface area (Å²) in [7, 11) is -0.948. The lowest BCUT2D eigenvalue weighted by Crippen LogP contribution is -2.45. The van der Waals surface area contributed by atoms with E-state index < -0.39 is 30.8 Å². The van der Waals surface area contributed by atoms with Gasteiger partial charge >= 0.3 is 13.3 Å². The molecular weight excluding hydrogens is 568 g/mol. The Morgan fingerprint density at radius 2 is 1.67 bits per heavy atom. The van der Waals surface area contributed by atoms with Crippen LogP contribution in [0.1, 0.15) is 42.0 Å². The topological polar surface area (TPSA) is 186 Å². The molecule has 0 bridgehead atoms. The number of benzene rings is 2. The van der Waals surface area contributed by atoms with Gasteiger partial charge in [-0.15, -0.1) is 0 Å². The van der Waals surface area contributed by atoms with Crippen LogP contribution in [0.15, 0.2) is 42.5 Å². The number of carbonyl (C=O) groups is 3. The molecule has 0 saturated heterocycles. The number of nitrogens with one attached hydrogen (secondary N) is 2. The molecule has 0 aromatic heterocycles. The van der Waals surface area contributed by atoms with E-state index >= 15 is 0 Å². The highest BCUT2D eigenvalue weighted by Crippen LogP contribution is 2.29. The summed E-state index contributed by atoms with van der Waals surface area (Å²) in [5.74, 6) is -1.06. The summed E-state index contributed by atoms with van der Waals surface area (Å²) in [6.07, 6.45) is -3.21. The van der Waals surface area contributed by atoms with Gasteiger partial charge in [-0.3, -0.25) is 14.4 Å². The van der Waals surface area contributed by atoms with Crippen molar-refractivity contribution in [1.29, 1.82) is 0 Å². The van der Waals surface area contributed by atoms with Gasteiger partial charge in [0.2, 0.25) is 17.7 Å². The van der Waals surface area contributed by atoms with Crippen molar-refractivity contribution in [3.05, 3.63) is 64.7 Å². The molecule has 1 atom stereocenters. The number of fused-ring (bicyclic) bond motifs is 1. The number of rotatable bonds is 13. The molecule has 3 amide bonds. The molecule has 0 aliphatic carbocycles. The maximum Gasteiger partial charge on any atom is 0.491 e. The summed E-state index contributed by atoms with van der Waals surface area (Å²) >= 11 is 0. The first-order chi connectivity index (χ1) is 20.4. The normalized spacial score (nSPS) is 13.0. The first-order valence-corrected chi connectivity index (χ1v) is 13.9. The van der Waals surface area contributed by atoms with Crippen molar-refractivity contribution in [2.75, 3.05) is 32.7 Å². The molecule has 2 aromatic carbocycles. The van der Waals surface area contributed by atoms with Crippen molar-refractivity contribution in [2.24, 2.45) is 17.2 Å². The molecule has 1 unspecified atom stereocenters. The summed E-state index contributed by atoms with van der Waals surface area (Å²) in [4.78, 5) is 37.8. The molecule has 0 fully saturated rings. The van der Waals surface area contributed by atoms with Crippen molar-refractivity contribution >= 4 is 30.3 Å². The maximum atomic E-state index is 12.2. The van der Waals surface area contributed by atoms with E-state index in [0.717, 1.165) is 35.2 Å². The molecule has 1 heterocycles. The minimum absolute atomic E-state index is 0.0919. The number of carbonyl (C=O) groups excluding carboxylic acids is 3. The first-order valence-electron chi connectivity index (χ1n) is 13.9. The molecule has 0 radical (unpaired) electrons. The van der Waals surface area contributed by atoms with Gasteiger partial charge in [0.25, 0.3) is 0 Å². The summed E-state index contributed by atoms with van der Waals surface area (Å²) < 4.78 is 41.2. The molecule has 9 N–H and O–H groups in total. The number of hydrogen-bond donors (Lipinski definition) is 6. The van der Waals surface area contributed by atoms with Crippen molar-refractivity contribution in [1.82, 2.24) is 15.5 Å². The van der Waals surface area contributed by atoms with E-state index in [2.05, 4.69) is 10.6 Å². The Balaban J connectivity index is 0.000000448. The van der Waals surface area contributed by atoms with Gasteiger partial charge < -0.3 is 42.4 Å². The number of nitrogens with zero attached hydrogens (tertiary/aromatic N) is 1. The standard InChI is InChI=1S/C19H31BN6O5.C9H9F3/c21-5-7-26(8-6-22)18(28)4-3-16(23)19(29)25-11-17(27)24-10-13-1-2-14-12-31-20(30)15(14)9-13;1-2-7-3-5-8(6-4-7)9(10,11)12/h1-2,9,16,30H,3-8,10-12,21-23H2,(H,24,27)(H,25,29);3-6H,2H2,1H3. The third kappa shape index (κ3) is 12.0. The van der Waals surface area contributed by atoms with Gasteiger partial charge in [-0.25, -0.2) is 0 Å². The van der Waals surface area contributed by atoms with Crippen LogP contribution in [0.3, 0.4) is 0 Å². The first kappa shape index (κ1) is 35.7. The fraction of sp³-hybridized carbons (Fsp3) is 0.464. The molecule has 1 aliphatic heterocycles. The molecule has 15 heteroatoms. The van der Waals surface area contributed by atoms with E-state index in [9.17, 15) is 32.6 Å². The second-order valence-electron chi connectivity index (χ2n) is 9.84. The summed E-state index contributed by atoms with van der Waals surface area (Å²) in [6.45, 7) is 3.72. The van der Waals surface area contributed by atoms with Crippen LogP contribution in [-0.2, 0) is 44.8 Å². The quantitative estimate of drug-likeness (QED) is 0.168. The highest BCUT2D eigenvalue weighted by Gasteiger charge is 2.30. The lowest BCUT2D eigenvalue weighted by molar-refractivity contribution is -0.137. The summed E-state index contributed by atoms with van der Waals surface area (Å²) in [6, 6.07) is 9.77. The molecule has 2 aromatic rings. The molecule has 3 rings (SSSR count). The van der Waals surface area contributed by atoms with Crippen LogP contribution >= 0.6 is 0 Å². The van der Waals surface area contributed by atoms with Crippen LogP contribution in [0.2, 0.25) is 0 Å². The molecule has 0 spiro atoms. The van der Waals surface area contributed by atoms with Crippen molar-refractivity contribution in [2.45, 2.75) is 51.6 Å². The Labute approximate surface area is 249 Å². The zero-order valence-electron chi connectivity index (χ0n) is 24.2. The average molecular weight is 608 g/mol. The molecule has 43 heavy (non-hydrogen) atoms. The number of alkyl halides is 3. The lowest BCUT2D eigenvalue weighted by atomic mass is 9.79. The highest BCUT2D eigenvalue weighted by molar-refractivity contribution is 6.61. The largest absolute Gasteiger partial charge is 0.491 e. The second kappa shape index (κ2) is 17.6. The Bertz CT molecular complexity index is 1200. The maximum absolute atomic E-state index is 12.2. The van der Waals surface area contributed by atoms with Crippen LogP contribution in [0.4, 0.5) is 13.2 Å². The van der Waals surface area contributed by atoms with Crippen LogP contribution in [0.25, 0.3) is 0 Å². The molecule has 0 saturated carbocycles. The van der Waals surface area contributed by atoms with Gasteiger partial charge in [0.1, 0.15) is 0 Å². The van der Waals surface area contributed by atoms with Gasteiger partial charge in [-0.2, -0.15) is 13.2 Å². The smallest absolute Gasteiger partial charge is 0.423 e. The summed E-state index contributed by atoms with van der Waals surface area (Å²) in [5.41, 5.74) is 19.5. The van der Waals surface area contributed by atoms with E-state index in [-0.39, 0.29) is 37.7 Å². The minimum Gasteiger partial charge on any atom is -0.423 e. The van der Waals surface area contributed by atoms with Gasteiger partial charge in [-0.1, -0.05) is 37.3 Å². The number of hydrogen-bond acceptors (Lipinski definition) is 8. The van der Waals surface area contributed by atoms with Crippen molar-refractivity contribution in [3.8, 4) is 0 Å². The van der Waals surface area contributed by atoms with Crippen molar-refractivity contribution in [3.63, 3.8) is 0 Å². The van der Waals surface area contributed by atoms with Crippen LogP contribution in [-0.4, -0.2) is 73.5 Å². The average Bonchev–Trinajstić information content (AvgIpc) is 3.36. The lowest BCUT2D eigenvalue weighted by Gasteiger charge is -2.22. The minimum atomic E-state index is -4.22. The highest BCUT2D eigenvalue weighted by atomic mass is 19.4. The van der Waals surface area contributed by atoms with Crippen molar-refractivity contribution < 1.29 is 37.2 Å². The Kier molecular flexibility index (Phi) is 14.6. The van der Waals surface area contributed by atoms with Crippen LogP contribution in [0.5, 0.6) is 0 Å². The third-order valence-electron chi connectivity index (χ3n) is 6.63. The molecule has 1 aliphatic rings. The van der Waals surface area contributed by atoms with Gasteiger partial charge in [0.15, 0.2) is 0 Å². The zero-order valence-corrected chi connectivity index (χ0v) is 24.2. The Hall–Kier alpha value is -3.50. The Morgan fingerprint density at radius 1 is 1.05 bits per heavy atom. The Morgan fingerprint density at radius 3 is 2.26 bits per heavy atom. The SMILES string of the molecule is CCc1ccc(C(F)(F)F)cc1.NCCN(CCN)C(=O)CCC(N)C(=O)NCC(=O)NCc1ccc2c(c1)B(O)OC2. The number of halogens is 3. The van der Waals surface area contributed by atoms with E-state index in [1.165, 1.54) is 12.1 Å². The van der Waals surface area contributed by atoms with Gasteiger partial charge in [-0.05, 0) is 47.1 Å². The number of nitrogens with two attached hydrogens (primary N) is 3. The van der Waals surface area contributed by atoms with E-state index in [0.29, 0.717) is 38.2 Å². The third-order valence-corrected chi connectivity index (χ3v) is 6.63. The molecule has 11 nitrogen and oxygen atoms in total. The number of aryl methyl sites for hydroxylation is 1. The summed E-state index contributed by atoms with van der Waals surface area (Å²) in [5, 5.41) is 14.9. The van der Waals surface area contributed by atoms with E-state index in [1.807, 2.05) is 19.1 Å². The van der Waals surface area contributed by atoms with Crippen LogP contribution < -0.4 is 33.3 Å². The predicted molar refractivity (Wildman–Crippen MR) is 156 cm³/mol. The monoisotopic (exact) mass is 608 g/mol. The molecular formula is C28H40BF3N6O5.